The summed E-state index contributed by atoms with van der Waals surface area (Å²) >= 11 is 0. The fraction of sp³-hybridized carbons (Fsp3) is 0.800. The zero-order chi connectivity index (χ0) is 14.9. The lowest BCUT2D eigenvalue weighted by molar-refractivity contribution is 0.384. The van der Waals surface area contributed by atoms with Crippen LogP contribution in [0.5, 0.6) is 0 Å². The van der Waals surface area contributed by atoms with E-state index < -0.39 is 0 Å². The summed E-state index contributed by atoms with van der Waals surface area (Å²) in [4.78, 5) is 0. The van der Waals surface area contributed by atoms with Gasteiger partial charge in [0, 0.05) is 0 Å². The third-order valence-corrected chi connectivity index (χ3v) is 6.14. The molecule has 0 aromatic rings. The number of allylic oxidation sites excluding steroid dienone is 4. The van der Waals surface area contributed by atoms with Gasteiger partial charge in [-0.05, 0) is 59.0 Å². The molecule has 3 atom stereocenters. The summed E-state index contributed by atoms with van der Waals surface area (Å²) in [6.07, 6.45) is 5.63. The second-order valence-electron chi connectivity index (χ2n) is 9.45. The molecule has 0 heteroatoms. The normalized spacial score (nSPS) is 34.0. The largest absolute Gasteiger partial charge is 0.0581 e. The molecule has 2 saturated carbocycles. The predicted octanol–water partition coefficient (Wildman–Crippen LogP) is 6.14. The molecule has 0 amide bonds. The van der Waals surface area contributed by atoms with E-state index in [0.29, 0.717) is 10.8 Å². The quantitative estimate of drug-likeness (QED) is 0.496. The topological polar surface area (TPSA) is 0 Å². The minimum absolute atomic E-state index is 0.334. The van der Waals surface area contributed by atoms with E-state index in [0.717, 1.165) is 17.8 Å². The van der Waals surface area contributed by atoms with Gasteiger partial charge in [-0.3, -0.25) is 0 Å². The van der Waals surface area contributed by atoms with Crippen molar-refractivity contribution in [3.63, 3.8) is 0 Å². The predicted molar refractivity (Wildman–Crippen MR) is 87.6 cm³/mol. The Bertz CT molecular complexity index is 487. The molecular formula is C20H32. The Morgan fingerprint density at radius 1 is 0.800 bits per heavy atom. The summed E-state index contributed by atoms with van der Waals surface area (Å²) in [5, 5.41) is 0. The molecule has 0 radical (unpaired) electrons. The summed E-state index contributed by atoms with van der Waals surface area (Å²) in [5.41, 5.74) is 7.85. The van der Waals surface area contributed by atoms with Crippen LogP contribution in [0, 0.1) is 28.6 Å². The second-order valence-corrected chi connectivity index (χ2v) is 9.45. The van der Waals surface area contributed by atoms with E-state index in [1.807, 2.05) is 5.57 Å². The first-order chi connectivity index (χ1) is 9.12. The van der Waals surface area contributed by atoms with Gasteiger partial charge in [-0.2, -0.15) is 0 Å². The average molecular weight is 272 g/mol. The van der Waals surface area contributed by atoms with Crippen LogP contribution in [0.15, 0.2) is 22.3 Å². The Hall–Kier alpha value is -0.520. The Labute approximate surface area is 125 Å². The molecule has 0 aromatic heterocycles. The number of hydrogen-bond donors (Lipinski definition) is 0. The van der Waals surface area contributed by atoms with E-state index in [1.54, 1.807) is 16.7 Å². The monoisotopic (exact) mass is 272 g/mol. The molecule has 0 N–H and O–H groups in total. The summed E-state index contributed by atoms with van der Waals surface area (Å²) in [6, 6.07) is 0. The maximum atomic E-state index is 2.52. The molecule has 0 nitrogen and oxygen atoms in total. The first-order valence-corrected chi connectivity index (χ1v) is 8.59. The number of hydrogen-bond acceptors (Lipinski definition) is 0. The molecule has 3 rings (SSSR count). The molecule has 3 unspecified atom stereocenters. The molecule has 112 valence electrons. The maximum absolute atomic E-state index is 2.52. The zero-order valence-corrected chi connectivity index (χ0v) is 14.6. The van der Waals surface area contributed by atoms with Crippen LogP contribution >= 0.6 is 0 Å². The fourth-order valence-corrected chi connectivity index (χ4v) is 5.13. The van der Waals surface area contributed by atoms with Gasteiger partial charge in [0.1, 0.15) is 0 Å². The van der Waals surface area contributed by atoms with E-state index in [1.165, 1.54) is 25.7 Å². The van der Waals surface area contributed by atoms with Gasteiger partial charge in [-0.15, -0.1) is 0 Å². The lowest BCUT2D eigenvalue weighted by Crippen LogP contribution is -2.17. The molecule has 0 saturated heterocycles. The van der Waals surface area contributed by atoms with Crippen molar-refractivity contribution in [3.8, 4) is 0 Å². The summed E-state index contributed by atoms with van der Waals surface area (Å²) in [7, 11) is 0. The van der Waals surface area contributed by atoms with Crippen molar-refractivity contribution >= 4 is 0 Å². The first kappa shape index (κ1) is 14.4. The fourth-order valence-electron chi connectivity index (χ4n) is 5.13. The average Bonchev–Trinajstić information content (AvgIpc) is 2.92. The van der Waals surface area contributed by atoms with Crippen LogP contribution in [-0.4, -0.2) is 0 Å². The van der Waals surface area contributed by atoms with Gasteiger partial charge in [-0.25, -0.2) is 0 Å². The van der Waals surface area contributed by atoms with Crippen molar-refractivity contribution in [3.05, 3.63) is 22.3 Å². The highest BCUT2D eigenvalue weighted by Gasteiger charge is 2.50. The van der Waals surface area contributed by atoms with Crippen LogP contribution in [0.2, 0.25) is 0 Å². The van der Waals surface area contributed by atoms with Crippen molar-refractivity contribution in [2.75, 3.05) is 0 Å². The van der Waals surface area contributed by atoms with Gasteiger partial charge < -0.3 is 0 Å². The maximum Gasteiger partial charge on any atom is -0.00859 e. The SMILES string of the molecule is CC1C2=C(C(C)(C)C)CC(C(C)(C)C)=C2C2CCCC12. The smallest absolute Gasteiger partial charge is 0.00859 e. The molecule has 20 heavy (non-hydrogen) atoms. The van der Waals surface area contributed by atoms with E-state index in [-0.39, 0.29) is 0 Å². The Balaban J connectivity index is 2.16. The lowest BCUT2D eigenvalue weighted by atomic mass is 9.76. The molecule has 0 aromatic carbocycles. The highest BCUT2D eigenvalue weighted by molar-refractivity contribution is 5.56. The molecular weight excluding hydrogens is 240 g/mol. The molecule has 0 heterocycles. The van der Waals surface area contributed by atoms with Crippen LogP contribution in [0.25, 0.3) is 0 Å². The van der Waals surface area contributed by atoms with Crippen molar-refractivity contribution in [2.24, 2.45) is 28.6 Å². The van der Waals surface area contributed by atoms with Crippen molar-refractivity contribution in [2.45, 2.75) is 74.1 Å². The van der Waals surface area contributed by atoms with Crippen molar-refractivity contribution in [1.29, 1.82) is 0 Å². The second kappa shape index (κ2) is 4.24. The molecule has 0 aliphatic heterocycles. The third-order valence-electron chi connectivity index (χ3n) is 6.14. The van der Waals surface area contributed by atoms with Crippen LogP contribution in [0.4, 0.5) is 0 Å². The Kier molecular flexibility index (Phi) is 3.06. The molecule has 2 fully saturated rings. The third kappa shape index (κ3) is 1.94. The summed E-state index contributed by atoms with van der Waals surface area (Å²) in [6.45, 7) is 17.0. The standard InChI is InChI=1S/C20H32/c1-12-13-9-8-10-14(13)18-16(20(5,6)7)11-15(17(12)18)19(2,3)4/h12-14H,8-11H2,1-7H3. The summed E-state index contributed by atoms with van der Waals surface area (Å²) < 4.78 is 0. The van der Waals surface area contributed by atoms with E-state index in [9.17, 15) is 0 Å². The van der Waals surface area contributed by atoms with E-state index in [4.69, 9.17) is 0 Å². The van der Waals surface area contributed by atoms with E-state index >= 15 is 0 Å². The van der Waals surface area contributed by atoms with Crippen LogP contribution in [0.3, 0.4) is 0 Å². The number of fused-ring (bicyclic) bond motifs is 3. The Morgan fingerprint density at radius 2 is 1.35 bits per heavy atom. The highest BCUT2D eigenvalue weighted by Crippen LogP contribution is 2.62. The van der Waals surface area contributed by atoms with E-state index in [2.05, 4.69) is 48.5 Å². The van der Waals surface area contributed by atoms with Gasteiger partial charge in [0.2, 0.25) is 0 Å². The minimum Gasteiger partial charge on any atom is -0.0581 e. The summed E-state index contributed by atoms with van der Waals surface area (Å²) in [5.74, 6) is 2.66. The number of rotatable bonds is 0. The molecule has 0 spiro atoms. The molecule has 0 bridgehead atoms. The van der Waals surface area contributed by atoms with Crippen molar-refractivity contribution < 1.29 is 0 Å². The molecule has 3 aliphatic carbocycles. The van der Waals surface area contributed by atoms with Gasteiger partial charge in [0.05, 0.1) is 0 Å². The lowest BCUT2D eigenvalue weighted by Gasteiger charge is -2.28. The van der Waals surface area contributed by atoms with Gasteiger partial charge in [-0.1, -0.05) is 66.0 Å². The zero-order valence-electron chi connectivity index (χ0n) is 14.6. The van der Waals surface area contributed by atoms with Gasteiger partial charge in [0.25, 0.3) is 0 Å². The van der Waals surface area contributed by atoms with Crippen LogP contribution in [0.1, 0.15) is 74.1 Å². The highest BCUT2D eigenvalue weighted by atomic mass is 14.5. The van der Waals surface area contributed by atoms with Crippen LogP contribution < -0.4 is 0 Å². The Morgan fingerprint density at radius 3 is 1.90 bits per heavy atom. The van der Waals surface area contributed by atoms with Gasteiger partial charge >= 0.3 is 0 Å². The molecule has 3 aliphatic rings. The minimum atomic E-state index is 0.334. The van der Waals surface area contributed by atoms with Crippen molar-refractivity contribution in [1.82, 2.24) is 0 Å². The van der Waals surface area contributed by atoms with Gasteiger partial charge in [0.15, 0.2) is 0 Å². The van der Waals surface area contributed by atoms with Crippen LogP contribution in [-0.2, 0) is 0 Å². The first-order valence-electron chi connectivity index (χ1n) is 8.59.